The van der Waals surface area contributed by atoms with Crippen molar-refractivity contribution in [3.8, 4) is 0 Å². The van der Waals surface area contributed by atoms with Crippen molar-refractivity contribution in [2.75, 3.05) is 6.61 Å². The molecule has 4 rings (SSSR count). The van der Waals surface area contributed by atoms with Crippen LogP contribution in [0.2, 0.25) is 0 Å². The van der Waals surface area contributed by atoms with Gasteiger partial charge in [0.2, 0.25) is 0 Å². The van der Waals surface area contributed by atoms with Crippen LogP contribution in [-0.4, -0.2) is 24.6 Å². The van der Waals surface area contributed by atoms with Crippen LogP contribution in [0, 0.1) is 0 Å². The quantitative estimate of drug-likeness (QED) is 0.549. The molecule has 1 fully saturated rings. The van der Waals surface area contributed by atoms with E-state index >= 15 is 0 Å². The molecule has 0 radical (unpaired) electrons. The van der Waals surface area contributed by atoms with E-state index in [2.05, 4.69) is 6.07 Å². The van der Waals surface area contributed by atoms with Crippen LogP contribution in [0.3, 0.4) is 0 Å². The number of benzene rings is 3. The van der Waals surface area contributed by atoms with Gasteiger partial charge in [-0.3, -0.25) is 4.79 Å². The highest BCUT2D eigenvalue weighted by molar-refractivity contribution is 6.08. The molecule has 0 aliphatic carbocycles. The molecule has 3 aromatic carbocycles. The van der Waals surface area contributed by atoms with Crippen molar-refractivity contribution in [3.63, 3.8) is 0 Å². The molecule has 23 heavy (non-hydrogen) atoms. The number of carbonyl (C=O) groups is 2. The third-order valence-electron chi connectivity index (χ3n) is 4.06. The number of carbonyl (C=O) groups excluding carboxylic acids is 2. The van der Waals surface area contributed by atoms with E-state index in [0.29, 0.717) is 12.0 Å². The van der Waals surface area contributed by atoms with Gasteiger partial charge >= 0.3 is 11.9 Å². The van der Waals surface area contributed by atoms with E-state index < -0.39 is 5.97 Å². The first-order chi connectivity index (χ1) is 11.2. The average molecular weight is 306 g/mol. The summed E-state index contributed by atoms with van der Waals surface area (Å²) in [6.45, 7) is 0.106. The second kappa shape index (κ2) is 5.39. The van der Waals surface area contributed by atoms with E-state index in [-0.39, 0.29) is 18.7 Å². The molecule has 1 unspecified atom stereocenters. The molecule has 0 saturated carbocycles. The standard InChI is InChI=1S/C19H14O4/c20-18-10-15(23-18)11-22-19(21)16-7-3-6-14-8-12-4-1-2-5-13(12)9-17(14)16/h1-9,15H,10-11H2. The fraction of sp³-hybridized carbons (Fsp3) is 0.158. The molecule has 1 saturated heterocycles. The Kier molecular flexibility index (Phi) is 3.23. The Hall–Kier alpha value is -2.88. The lowest BCUT2D eigenvalue weighted by Crippen LogP contribution is -2.37. The lowest BCUT2D eigenvalue weighted by Gasteiger charge is -2.24. The normalized spacial score (nSPS) is 16.9. The summed E-state index contributed by atoms with van der Waals surface area (Å²) in [5.41, 5.74) is 0.527. The first kappa shape index (κ1) is 13.8. The minimum atomic E-state index is -0.395. The predicted molar refractivity (Wildman–Crippen MR) is 86.2 cm³/mol. The van der Waals surface area contributed by atoms with Crippen molar-refractivity contribution in [3.05, 3.63) is 60.2 Å². The van der Waals surface area contributed by atoms with E-state index in [0.717, 1.165) is 21.5 Å². The van der Waals surface area contributed by atoms with Gasteiger partial charge < -0.3 is 9.47 Å². The average Bonchev–Trinajstić information content (AvgIpc) is 2.55. The van der Waals surface area contributed by atoms with Crippen molar-refractivity contribution in [1.82, 2.24) is 0 Å². The molecule has 1 atom stereocenters. The largest absolute Gasteiger partial charge is 0.458 e. The van der Waals surface area contributed by atoms with Gasteiger partial charge in [-0.25, -0.2) is 4.79 Å². The van der Waals surface area contributed by atoms with Crippen LogP contribution in [0.4, 0.5) is 0 Å². The van der Waals surface area contributed by atoms with Gasteiger partial charge in [0.05, 0.1) is 12.0 Å². The van der Waals surface area contributed by atoms with Crippen LogP contribution < -0.4 is 0 Å². The lowest BCUT2D eigenvalue weighted by atomic mass is 10.00. The molecule has 114 valence electrons. The van der Waals surface area contributed by atoms with E-state index in [1.165, 1.54) is 0 Å². The molecule has 3 aromatic rings. The topological polar surface area (TPSA) is 52.6 Å². The van der Waals surface area contributed by atoms with Crippen molar-refractivity contribution in [2.24, 2.45) is 0 Å². The number of hydrogen-bond donors (Lipinski definition) is 0. The molecule has 4 heteroatoms. The third-order valence-corrected chi connectivity index (χ3v) is 4.06. The maximum atomic E-state index is 12.4. The first-order valence-corrected chi connectivity index (χ1v) is 7.49. The Morgan fingerprint density at radius 1 is 1.04 bits per heavy atom. The second-order valence-electron chi connectivity index (χ2n) is 5.64. The van der Waals surface area contributed by atoms with Crippen molar-refractivity contribution < 1.29 is 19.1 Å². The van der Waals surface area contributed by atoms with Gasteiger partial charge in [0.1, 0.15) is 12.7 Å². The summed E-state index contributed by atoms with van der Waals surface area (Å²) >= 11 is 0. The highest BCUT2D eigenvalue weighted by Gasteiger charge is 2.29. The first-order valence-electron chi connectivity index (χ1n) is 7.49. The van der Waals surface area contributed by atoms with E-state index in [1.807, 2.05) is 42.5 Å². The minimum absolute atomic E-state index is 0.106. The summed E-state index contributed by atoms with van der Waals surface area (Å²) < 4.78 is 10.1. The highest BCUT2D eigenvalue weighted by atomic mass is 16.6. The molecule has 1 aliphatic heterocycles. The van der Waals surface area contributed by atoms with Gasteiger partial charge in [-0.05, 0) is 39.7 Å². The van der Waals surface area contributed by atoms with Crippen LogP contribution in [0.1, 0.15) is 16.8 Å². The number of esters is 2. The van der Waals surface area contributed by atoms with Gasteiger partial charge in [0.25, 0.3) is 0 Å². The lowest BCUT2D eigenvalue weighted by molar-refractivity contribution is -0.173. The maximum absolute atomic E-state index is 12.4. The summed E-state index contributed by atoms with van der Waals surface area (Å²) in [7, 11) is 0. The smallest absolute Gasteiger partial charge is 0.338 e. The van der Waals surface area contributed by atoms with Crippen molar-refractivity contribution in [1.29, 1.82) is 0 Å². The number of cyclic esters (lactones) is 1. The minimum Gasteiger partial charge on any atom is -0.458 e. The molecule has 0 bridgehead atoms. The Morgan fingerprint density at radius 3 is 2.48 bits per heavy atom. The van der Waals surface area contributed by atoms with Crippen molar-refractivity contribution >= 4 is 33.5 Å². The molecular formula is C19H14O4. The maximum Gasteiger partial charge on any atom is 0.338 e. The summed E-state index contributed by atoms with van der Waals surface area (Å²) in [5.74, 6) is -0.642. The van der Waals surface area contributed by atoms with Crippen molar-refractivity contribution in [2.45, 2.75) is 12.5 Å². The monoisotopic (exact) mass is 306 g/mol. The molecule has 4 nitrogen and oxygen atoms in total. The van der Waals surface area contributed by atoms with E-state index in [4.69, 9.17) is 9.47 Å². The summed E-state index contributed by atoms with van der Waals surface area (Å²) in [6.07, 6.45) is 0.00949. The summed E-state index contributed by atoms with van der Waals surface area (Å²) in [6, 6.07) is 17.7. The second-order valence-corrected chi connectivity index (χ2v) is 5.64. The van der Waals surface area contributed by atoms with Gasteiger partial charge in [-0.2, -0.15) is 0 Å². The van der Waals surface area contributed by atoms with Gasteiger partial charge in [0, 0.05) is 0 Å². The molecule has 0 N–H and O–H groups in total. The Morgan fingerprint density at radius 2 is 1.74 bits per heavy atom. The molecule has 1 aliphatic rings. The third kappa shape index (κ3) is 2.52. The molecule has 1 heterocycles. The van der Waals surface area contributed by atoms with Crippen LogP contribution in [0.15, 0.2) is 54.6 Å². The van der Waals surface area contributed by atoms with Crippen LogP contribution >= 0.6 is 0 Å². The van der Waals surface area contributed by atoms with Gasteiger partial charge in [-0.1, -0.05) is 36.4 Å². The molecule has 0 amide bonds. The zero-order chi connectivity index (χ0) is 15.8. The van der Waals surface area contributed by atoms with Gasteiger partial charge in [-0.15, -0.1) is 0 Å². The zero-order valence-electron chi connectivity index (χ0n) is 12.3. The Balaban J connectivity index is 1.67. The highest BCUT2D eigenvalue weighted by Crippen LogP contribution is 2.26. The fourth-order valence-corrected chi connectivity index (χ4v) is 2.85. The number of hydrogen-bond acceptors (Lipinski definition) is 4. The summed E-state index contributed by atoms with van der Waals surface area (Å²) in [5, 5.41) is 4.06. The van der Waals surface area contributed by atoms with Gasteiger partial charge in [0.15, 0.2) is 0 Å². The SMILES string of the molecule is O=C1CC(COC(=O)c2cccc3cc4ccccc4cc23)O1. The van der Waals surface area contributed by atoms with Crippen LogP contribution in [0.25, 0.3) is 21.5 Å². The number of rotatable bonds is 3. The Bertz CT molecular complexity index is 921. The van der Waals surface area contributed by atoms with E-state index in [9.17, 15) is 9.59 Å². The fourth-order valence-electron chi connectivity index (χ4n) is 2.85. The Labute approximate surface area is 132 Å². The summed E-state index contributed by atoms with van der Waals surface area (Å²) in [4.78, 5) is 23.1. The predicted octanol–water partition coefficient (Wildman–Crippen LogP) is 3.47. The zero-order valence-corrected chi connectivity index (χ0v) is 12.3. The number of ether oxygens (including phenoxy) is 2. The molecule has 0 aromatic heterocycles. The van der Waals surface area contributed by atoms with Crippen LogP contribution in [0.5, 0.6) is 0 Å². The molecule has 0 spiro atoms. The van der Waals surface area contributed by atoms with E-state index in [1.54, 1.807) is 6.07 Å². The molecular weight excluding hydrogens is 292 g/mol. The van der Waals surface area contributed by atoms with Crippen LogP contribution in [-0.2, 0) is 14.3 Å². The number of fused-ring (bicyclic) bond motifs is 2.